The van der Waals surface area contributed by atoms with Gasteiger partial charge < -0.3 is 0 Å². The van der Waals surface area contributed by atoms with Crippen LogP contribution in [0.2, 0.25) is 0 Å². The van der Waals surface area contributed by atoms with Crippen LogP contribution in [0, 0.1) is 0 Å². The van der Waals surface area contributed by atoms with E-state index in [1.165, 1.54) is 11.3 Å². The Morgan fingerprint density at radius 3 is 2.20 bits per heavy atom. The number of sulfonamides is 1. The van der Waals surface area contributed by atoms with E-state index in [2.05, 4.69) is 16.4 Å². The minimum absolute atomic E-state index is 0.238. The highest BCUT2D eigenvalue weighted by atomic mass is 32.2. The molecule has 35 heavy (non-hydrogen) atoms. The van der Waals surface area contributed by atoms with Crippen LogP contribution in [0.5, 0.6) is 0 Å². The molecule has 1 aliphatic rings. The smallest absolute Gasteiger partial charge is 0.258 e. The second-order valence-corrected chi connectivity index (χ2v) is 11.7. The molecule has 5 aromatic rings. The Labute approximate surface area is 207 Å². The summed E-state index contributed by atoms with van der Waals surface area (Å²) < 4.78 is 28.5. The van der Waals surface area contributed by atoms with E-state index in [0.29, 0.717) is 29.3 Å². The summed E-state index contributed by atoms with van der Waals surface area (Å²) in [5, 5.41) is 7.14. The summed E-state index contributed by atoms with van der Waals surface area (Å²) in [6.45, 7) is 1.12. The van der Waals surface area contributed by atoms with Crippen molar-refractivity contribution >= 4 is 64.2 Å². The molecule has 0 spiro atoms. The Hall–Kier alpha value is -3.33. The van der Waals surface area contributed by atoms with Gasteiger partial charge in [-0.15, -0.1) is 0 Å². The second-order valence-electron chi connectivity index (χ2n) is 8.76. The number of nitrogens with one attached hydrogen (secondary N) is 1. The molecule has 0 aliphatic carbocycles. The average Bonchev–Trinajstić information content (AvgIpc) is 3.29. The Balaban J connectivity index is 1.36. The number of aromatic nitrogens is 1. The van der Waals surface area contributed by atoms with Crippen LogP contribution in [-0.2, 0) is 10.0 Å². The first-order valence-corrected chi connectivity index (χ1v) is 13.9. The number of rotatable bonds is 4. The third-order valence-corrected chi connectivity index (χ3v) is 9.36. The molecule has 0 radical (unpaired) electrons. The van der Waals surface area contributed by atoms with Crippen LogP contribution in [0.4, 0.5) is 5.13 Å². The molecule has 0 unspecified atom stereocenters. The van der Waals surface area contributed by atoms with Gasteiger partial charge in [0.1, 0.15) is 0 Å². The summed E-state index contributed by atoms with van der Waals surface area (Å²) in [5.74, 6) is -0.238. The number of carbonyl (C=O) groups is 1. The summed E-state index contributed by atoms with van der Waals surface area (Å²) >= 11 is 1.28. The van der Waals surface area contributed by atoms with E-state index >= 15 is 0 Å². The normalized spacial score (nSPS) is 15.1. The molecule has 1 aliphatic heterocycles. The zero-order valence-electron chi connectivity index (χ0n) is 18.9. The van der Waals surface area contributed by atoms with Gasteiger partial charge in [-0.25, -0.2) is 13.4 Å². The lowest BCUT2D eigenvalue weighted by atomic mass is 9.96. The van der Waals surface area contributed by atoms with Gasteiger partial charge in [-0.2, -0.15) is 4.31 Å². The molecule has 2 heterocycles. The van der Waals surface area contributed by atoms with Crippen LogP contribution in [0.1, 0.15) is 29.6 Å². The van der Waals surface area contributed by atoms with Crippen LogP contribution < -0.4 is 5.32 Å². The van der Waals surface area contributed by atoms with E-state index in [1.54, 1.807) is 22.5 Å². The molecule has 0 saturated carbocycles. The lowest BCUT2D eigenvalue weighted by Crippen LogP contribution is -2.35. The van der Waals surface area contributed by atoms with Crippen molar-refractivity contribution < 1.29 is 13.2 Å². The van der Waals surface area contributed by atoms with E-state index in [4.69, 9.17) is 0 Å². The number of carbonyl (C=O) groups excluding carboxylic acids is 1. The van der Waals surface area contributed by atoms with Crippen molar-refractivity contribution in [3.63, 3.8) is 0 Å². The van der Waals surface area contributed by atoms with E-state index in [0.717, 1.165) is 45.5 Å². The van der Waals surface area contributed by atoms with Crippen molar-refractivity contribution in [2.75, 3.05) is 18.4 Å². The molecule has 1 amide bonds. The molecule has 4 aromatic carbocycles. The average molecular weight is 502 g/mol. The largest absolute Gasteiger partial charge is 0.298 e. The fraction of sp³-hybridized carbons (Fsp3) is 0.185. The Morgan fingerprint density at radius 2 is 1.51 bits per heavy atom. The van der Waals surface area contributed by atoms with Gasteiger partial charge in [0.15, 0.2) is 5.13 Å². The number of benzene rings is 4. The van der Waals surface area contributed by atoms with Crippen molar-refractivity contribution in [2.24, 2.45) is 0 Å². The highest BCUT2D eigenvalue weighted by Crippen LogP contribution is 2.32. The van der Waals surface area contributed by atoms with Gasteiger partial charge in [0.05, 0.1) is 20.7 Å². The first-order valence-electron chi connectivity index (χ1n) is 11.6. The Bertz CT molecular complexity index is 1650. The summed E-state index contributed by atoms with van der Waals surface area (Å²) in [6, 6.07) is 22.8. The van der Waals surface area contributed by atoms with E-state index in [-0.39, 0.29) is 10.8 Å². The number of nitrogens with zero attached hydrogens (tertiary/aromatic N) is 2. The molecule has 0 atom stereocenters. The maximum Gasteiger partial charge on any atom is 0.258 e. The van der Waals surface area contributed by atoms with E-state index in [1.807, 2.05) is 48.5 Å². The number of hydrogen-bond donors (Lipinski definition) is 1. The van der Waals surface area contributed by atoms with Gasteiger partial charge in [-0.05, 0) is 58.7 Å². The topological polar surface area (TPSA) is 79.4 Å². The standard InChI is InChI=1S/C27H23N3O3S2/c31-26(25-21-10-4-2-8-18(21)16-19-9-3-5-11-22(19)25)29-27-28-23-13-12-20(17-24(23)34-27)35(32,33)30-14-6-1-7-15-30/h2-5,8-13,16-17H,1,6-7,14-15H2,(H,28,29,31). The van der Waals surface area contributed by atoms with Gasteiger partial charge in [0.2, 0.25) is 10.0 Å². The van der Waals surface area contributed by atoms with Crippen LogP contribution in [0.15, 0.2) is 77.7 Å². The molecule has 6 nitrogen and oxygen atoms in total. The van der Waals surface area contributed by atoms with Crippen molar-refractivity contribution in [1.82, 2.24) is 9.29 Å². The molecule has 1 fully saturated rings. The minimum atomic E-state index is -3.53. The third kappa shape index (κ3) is 3.97. The number of piperidine rings is 1. The van der Waals surface area contributed by atoms with Crippen molar-refractivity contribution in [3.05, 3.63) is 78.4 Å². The number of thiazole rings is 1. The lowest BCUT2D eigenvalue weighted by molar-refractivity contribution is 0.103. The molecular formula is C27H23N3O3S2. The van der Waals surface area contributed by atoms with Gasteiger partial charge in [-0.3, -0.25) is 10.1 Å². The summed E-state index contributed by atoms with van der Waals surface area (Å²) in [7, 11) is -3.53. The summed E-state index contributed by atoms with van der Waals surface area (Å²) in [4.78, 5) is 18.3. The zero-order valence-corrected chi connectivity index (χ0v) is 20.5. The first kappa shape index (κ1) is 22.2. The lowest BCUT2D eigenvalue weighted by Gasteiger charge is -2.25. The van der Waals surface area contributed by atoms with E-state index < -0.39 is 10.0 Å². The molecular weight excluding hydrogens is 478 g/mol. The number of anilines is 1. The van der Waals surface area contributed by atoms with Gasteiger partial charge in [-0.1, -0.05) is 66.3 Å². The third-order valence-electron chi connectivity index (χ3n) is 6.53. The Morgan fingerprint density at radius 1 is 0.857 bits per heavy atom. The minimum Gasteiger partial charge on any atom is -0.298 e. The van der Waals surface area contributed by atoms with Crippen LogP contribution in [-0.4, -0.2) is 36.7 Å². The first-order chi connectivity index (χ1) is 17.0. The number of amides is 1. The molecule has 1 N–H and O–H groups in total. The van der Waals surface area contributed by atoms with Gasteiger partial charge in [0.25, 0.3) is 5.91 Å². The van der Waals surface area contributed by atoms with Gasteiger partial charge in [0, 0.05) is 13.1 Å². The van der Waals surface area contributed by atoms with Crippen LogP contribution in [0.3, 0.4) is 0 Å². The zero-order chi connectivity index (χ0) is 24.0. The monoisotopic (exact) mass is 501 g/mol. The number of hydrogen-bond acceptors (Lipinski definition) is 5. The Kier molecular flexibility index (Phi) is 5.51. The molecule has 0 bridgehead atoms. The molecule has 1 saturated heterocycles. The molecule has 6 rings (SSSR count). The predicted octanol–water partition coefficient (Wildman–Crippen LogP) is 6.03. The van der Waals surface area contributed by atoms with Crippen LogP contribution in [0.25, 0.3) is 31.8 Å². The summed E-state index contributed by atoms with van der Waals surface area (Å²) in [5.41, 5.74) is 1.26. The SMILES string of the molecule is O=C(Nc1nc2ccc(S(=O)(=O)N3CCCCC3)cc2s1)c1c2ccccc2cc2ccccc12. The maximum atomic E-state index is 13.5. The molecule has 8 heteroatoms. The maximum absolute atomic E-state index is 13.5. The highest BCUT2D eigenvalue weighted by molar-refractivity contribution is 7.89. The van der Waals surface area contributed by atoms with Crippen molar-refractivity contribution in [3.8, 4) is 0 Å². The van der Waals surface area contributed by atoms with E-state index in [9.17, 15) is 13.2 Å². The van der Waals surface area contributed by atoms with Crippen LogP contribution >= 0.6 is 11.3 Å². The second kappa shape index (κ2) is 8.71. The molecule has 176 valence electrons. The highest BCUT2D eigenvalue weighted by Gasteiger charge is 2.26. The quantitative estimate of drug-likeness (QED) is 0.305. The fourth-order valence-corrected chi connectivity index (χ4v) is 7.31. The fourth-order valence-electron chi connectivity index (χ4n) is 4.79. The van der Waals surface area contributed by atoms with Crippen molar-refractivity contribution in [2.45, 2.75) is 24.2 Å². The predicted molar refractivity (Wildman–Crippen MR) is 142 cm³/mol. The number of fused-ring (bicyclic) bond motifs is 3. The van der Waals surface area contributed by atoms with Crippen molar-refractivity contribution in [1.29, 1.82) is 0 Å². The molecule has 1 aromatic heterocycles. The van der Waals surface area contributed by atoms with Gasteiger partial charge >= 0.3 is 0 Å². The summed E-state index contributed by atoms with van der Waals surface area (Å²) in [6.07, 6.45) is 2.84.